The minimum Gasteiger partial charge on any atom is -0.478 e. The molecule has 3 nitrogen and oxygen atoms in total. The number of hydrogen-bond acceptors (Lipinski definition) is 2. The summed E-state index contributed by atoms with van der Waals surface area (Å²) in [6.45, 7) is 0. The van der Waals surface area contributed by atoms with E-state index in [-0.39, 0.29) is 11.3 Å². The number of carbonyl (C=O) groups is 1. The number of rotatable bonds is 3. The summed E-state index contributed by atoms with van der Waals surface area (Å²) in [5.41, 5.74) is 0.724. The third kappa shape index (κ3) is 2.42. The Balaban J connectivity index is 2.37. The topological polar surface area (TPSA) is 49.3 Å². The van der Waals surface area contributed by atoms with Gasteiger partial charge < -0.3 is 10.4 Å². The van der Waals surface area contributed by atoms with E-state index in [1.807, 2.05) is 0 Å². The Bertz CT molecular complexity index is 555. The largest absolute Gasteiger partial charge is 0.478 e. The SMILES string of the molecule is O=C(O)c1ccccc1Nc1ccccc1F. The van der Waals surface area contributed by atoms with E-state index < -0.39 is 11.8 Å². The number of nitrogens with one attached hydrogen (secondary N) is 1. The summed E-state index contributed by atoms with van der Waals surface area (Å²) < 4.78 is 13.4. The van der Waals surface area contributed by atoms with Crippen LogP contribution in [0.15, 0.2) is 48.5 Å². The molecule has 0 spiro atoms. The van der Waals surface area contributed by atoms with Crippen molar-refractivity contribution in [3.8, 4) is 0 Å². The van der Waals surface area contributed by atoms with Crippen molar-refractivity contribution in [2.24, 2.45) is 0 Å². The van der Waals surface area contributed by atoms with E-state index in [1.54, 1.807) is 36.4 Å². The average Bonchev–Trinajstić information content (AvgIpc) is 2.32. The van der Waals surface area contributed by atoms with Crippen molar-refractivity contribution in [1.82, 2.24) is 0 Å². The van der Waals surface area contributed by atoms with Gasteiger partial charge in [-0.2, -0.15) is 0 Å². The standard InChI is InChI=1S/C13H10FNO2/c14-10-6-2-4-8-12(10)15-11-7-3-1-5-9(11)13(16)17/h1-8,15H,(H,16,17). The molecule has 0 aliphatic heterocycles. The molecule has 0 amide bonds. The Hall–Kier alpha value is -2.36. The fourth-order valence-corrected chi connectivity index (χ4v) is 1.49. The Kier molecular flexibility index (Phi) is 3.05. The van der Waals surface area contributed by atoms with Crippen molar-refractivity contribution in [2.75, 3.05) is 5.32 Å². The molecule has 0 bridgehead atoms. The maximum absolute atomic E-state index is 13.4. The molecular formula is C13H10FNO2. The highest BCUT2D eigenvalue weighted by Crippen LogP contribution is 2.22. The predicted octanol–water partition coefficient (Wildman–Crippen LogP) is 3.27. The Morgan fingerprint density at radius 3 is 2.24 bits per heavy atom. The van der Waals surface area contributed by atoms with Gasteiger partial charge in [-0.05, 0) is 24.3 Å². The van der Waals surface area contributed by atoms with Gasteiger partial charge >= 0.3 is 5.97 Å². The maximum atomic E-state index is 13.4. The highest BCUT2D eigenvalue weighted by molar-refractivity contribution is 5.95. The quantitative estimate of drug-likeness (QED) is 0.852. The number of para-hydroxylation sites is 2. The molecular weight excluding hydrogens is 221 g/mol. The Morgan fingerprint density at radius 1 is 1.00 bits per heavy atom. The van der Waals surface area contributed by atoms with Crippen molar-refractivity contribution in [3.63, 3.8) is 0 Å². The lowest BCUT2D eigenvalue weighted by molar-refractivity contribution is 0.0698. The molecule has 0 aliphatic carbocycles. The number of anilines is 2. The van der Waals surface area contributed by atoms with Crippen LogP contribution in [0.3, 0.4) is 0 Å². The lowest BCUT2D eigenvalue weighted by atomic mass is 10.1. The first-order chi connectivity index (χ1) is 8.18. The second-order valence-electron chi connectivity index (χ2n) is 3.46. The van der Waals surface area contributed by atoms with Crippen LogP contribution < -0.4 is 5.32 Å². The lowest BCUT2D eigenvalue weighted by Gasteiger charge is -2.09. The van der Waals surface area contributed by atoms with Gasteiger partial charge in [-0.1, -0.05) is 24.3 Å². The summed E-state index contributed by atoms with van der Waals surface area (Å²) in [4.78, 5) is 11.0. The van der Waals surface area contributed by atoms with Gasteiger partial charge in [0.15, 0.2) is 0 Å². The molecule has 0 saturated heterocycles. The highest BCUT2D eigenvalue weighted by atomic mass is 19.1. The van der Waals surface area contributed by atoms with E-state index >= 15 is 0 Å². The molecule has 0 aliphatic rings. The van der Waals surface area contributed by atoms with Gasteiger partial charge in [0.1, 0.15) is 5.82 Å². The Labute approximate surface area is 97.5 Å². The zero-order valence-electron chi connectivity index (χ0n) is 8.85. The number of halogens is 1. The van der Waals surface area contributed by atoms with Gasteiger partial charge in [0, 0.05) is 0 Å². The molecule has 2 aromatic carbocycles. The minimum atomic E-state index is -1.05. The van der Waals surface area contributed by atoms with Crippen LogP contribution in [0, 0.1) is 5.82 Å². The van der Waals surface area contributed by atoms with Crippen molar-refractivity contribution in [3.05, 3.63) is 59.9 Å². The molecule has 0 unspecified atom stereocenters. The molecule has 17 heavy (non-hydrogen) atoms. The van der Waals surface area contributed by atoms with Crippen molar-refractivity contribution >= 4 is 17.3 Å². The number of benzene rings is 2. The fraction of sp³-hybridized carbons (Fsp3) is 0. The van der Waals surface area contributed by atoms with Gasteiger partial charge in [0.2, 0.25) is 0 Å². The van der Waals surface area contributed by atoms with Crippen molar-refractivity contribution in [2.45, 2.75) is 0 Å². The molecule has 2 rings (SSSR count). The number of carboxylic acid groups (broad SMARTS) is 1. The zero-order chi connectivity index (χ0) is 12.3. The van der Waals surface area contributed by atoms with Crippen molar-refractivity contribution in [1.29, 1.82) is 0 Å². The smallest absolute Gasteiger partial charge is 0.337 e. The van der Waals surface area contributed by atoms with Crippen LogP contribution in [0.5, 0.6) is 0 Å². The third-order valence-corrected chi connectivity index (χ3v) is 2.30. The lowest BCUT2D eigenvalue weighted by Crippen LogP contribution is -2.03. The maximum Gasteiger partial charge on any atom is 0.337 e. The highest BCUT2D eigenvalue weighted by Gasteiger charge is 2.10. The van der Waals surface area contributed by atoms with E-state index in [0.29, 0.717) is 5.69 Å². The summed E-state index contributed by atoms with van der Waals surface area (Å²) in [5.74, 6) is -1.47. The molecule has 0 saturated carbocycles. The number of carboxylic acids is 1. The molecule has 0 aromatic heterocycles. The first-order valence-corrected chi connectivity index (χ1v) is 5.02. The van der Waals surface area contributed by atoms with E-state index in [0.717, 1.165) is 0 Å². The van der Waals surface area contributed by atoms with Crippen molar-refractivity contribution < 1.29 is 14.3 Å². The third-order valence-electron chi connectivity index (χ3n) is 2.30. The van der Waals surface area contributed by atoms with Crippen LogP contribution in [0.25, 0.3) is 0 Å². The first kappa shape index (κ1) is 11.1. The van der Waals surface area contributed by atoms with Crippen LogP contribution in [-0.2, 0) is 0 Å². The number of hydrogen-bond donors (Lipinski definition) is 2. The predicted molar refractivity (Wildman–Crippen MR) is 63.1 cm³/mol. The van der Waals surface area contributed by atoms with Crippen LogP contribution in [0.1, 0.15) is 10.4 Å². The van der Waals surface area contributed by atoms with E-state index in [2.05, 4.69) is 5.32 Å². The monoisotopic (exact) mass is 231 g/mol. The average molecular weight is 231 g/mol. The zero-order valence-corrected chi connectivity index (χ0v) is 8.85. The molecule has 2 N–H and O–H groups in total. The van der Waals surface area contributed by atoms with Crippen LogP contribution in [0.4, 0.5) is 15.8 Å². The fourth-order valence-electron chi connectivity index (χ4n) is 1.49. The number of aromatic carboxylic acids is 1. The van der Waals surface area contributed by atoms with Gasteiger partial charge in [0.25, 0.3) is 0 Å². The van der Waals surface area contributed by atoms with Gasteiger partial charge in [-0.3, -0.25) is 0 Å². The molecule has 0 heterocycles. The summed E-state index contributed by atoms with van der Waals surface area (Å²) in [6, 6.07) is 12.5. The summed E-state index contributed by atoms with van der Waals surface area (Å²) in [7, 11) is 0. The van der Waals surface area contributed by atoms with Crippen LogP contribution in [0.2, 0.25) is 0 Å². The summed E-state index contributed by atoms with van der Waals surface area (Å²) in [5, 5.41) is 11.7. The molecule has 4 heteroatoms. The van der Waals surface area contributed by atoms with Gasteiger partial charge in [-0.15, -0.1) is 0 Å². The molecule has 0 radical (unpaired) electrons. The Morgan fingerprint density at radius 2 is 1.59 bits per heavy atom. The summed E-state index contributed by atoms with van der Waals surface area (Å²) in [6.07, 6.45) is 0. The second-order valence-corrected chi connectivity index (χ2v) is 3.46. The van der Waals surface area contributed by atoms with Crippen LogP contribution >= 0.6 is 0 Å². The van der Waals surface area contributed by atoms with E-state index in [9.17, 15) is 9.18 Å². The molecule has 2 aromatic rings. The second kappa shape index (κ2) is 4.65. The summed E-state index contributed by atoms with van der Waals surface area (Å²) >= 11 is 0. The van der Waals surface area contributed by atoms with E-state index in [1.165, 1.54) is 12.1 Å². The molecule has 86 valence electrons. The molecule has 0 atom stereocenters. The van der Waals surface area contributed by atoms with Crippen LogP contribution in [-0.4, -0.2) is 11.1 Å². The minimum absolute atomic E-state index is 0.107. The first-order valence-electron chi connectivity index (χ1n) is 5.02. The van der Waals surface area contributed by atoms with Gasteiger partial charge in [-0.25, -0.2) is 9.18 Å². The normalized spacial score (nSPS) is 9.94. The van der Waals surface area contributed by atoms with Gasteiger partial charge in [0.05, 0.1) is 16.9 Å². The molecule has 0 fully saturated rings. The van der Waals surface area contributed by atoms with E-state index in [4.69, 9.17) is 5.11 Å².